The van der Waals surface area contributed by atoms with Crippen molar-refractivity contribution in [2.75, 3.05) is 6.54 Å². The zero-order valence-electron chi connectivity index (χ0n) is 8.75. The number of rotatable bonds is 8. The number of hydrogen-bond donors (Lipinski definition) is 1. The standard InChI is InChI=1S/C11H21NO/c1-3-4-5-6-7-8-11(2)9-12-10-13/h7-8,10-11H,3-6,9H2,1-2H3,(H,12,13)/b8-7-. The molecule has 1 atom stereocenters. The van der Waals surface area contributed by atoms with E-state index in [0.29, 0.717) is 5.92 Å². The van der Waals surface area contributed by atoms with Gasteiger partial charge >= 0.3 is 0 Å². The highest BCUT2D eigenvalue weighted by molar-refractivity contribution is 5.45. The van der Waals surface area contributed by atoms with Gasteiger partial charge in [0.2, 0.25) is 6.41 Å². The number of hydrogen-bond acceptors (Lipinski definition) is 1. The summed E-state index contributed by atoms with van der Waals surface area (Å²) in [6, 6.07) is 0. The normalized spacial score (nSPS) is 13.1. The molecule has 2 nitrogen and oxygen atoms in total. The fourth-order valence-electron chi connectivity index (χ4n) is 1.14. The fraction of sp³-hybridized carbons (Fsp3) is 0.727. The molecule has 0 radical (unpaired) electrons. The van der Waals surface area contributed by atoms with E-state index in [1.54, 1.807) is 0 Å². The minimum atomic E-state index is 0.451. The minimum absolute atomic E-state index is 0.451. The van der Waals surface area contributed by atoms with E-state index in [4.69, 9.17) is 0 Å². The number of unbranched alkanes of at least 4 members (excludes halogenated alkanes) is 3. The summed E-state index contributed by atoms with van der Waals surface area (Å²) in [5.41, 5.74) is 0. The topological polar surface area (TPSA) is 29.1 Å². The van der Waals surface area contributed by atoms with Crippen LogP contribution in [0.4, 0.5) is 0 Å². The van der Waals surface area contributed by atoms with E-state index in [1.165, 1.54) is 25.7 Å². The van der Waals surface area contributed by atoms with E-state index < -0.39 is 0 Å². The summed E-state index contributed by atoms with van der Waals surface area (Å²) in [5, 5.41) is 2.67. The molecule has 0 fully saturated rings. The molecule has 0 aromatic heterocycles. The molecule has 1 amide bonds. The third-order valence-electron chi connectivity index (χ3n) is 1.96. The predicted molar refractivity (Wildman–Crippen MR) is 56.5 cm³/mol. The zero-order valence-corrected chi connectivity index (χ0v) is 8.75. The average molecular weight is 183 g/mol. The number of carbonyl (C=O) groups excluding carboxylic acids is 1. The van der Waals surface area contributed by atoms with Gasteiger partial charge in [0, 0.05) is 6.54 Å². The third-order valence-corrected chi connectivity index (χ3v) is 1.96. The molecule has 0 aliphatic carbocycles. The van der Waals surface area contributed by atoms with Gasteiger partial charge in [0.25, 0.3) is 0 Å². The number of nitrogens with one attached hydrogen (secondary N) is 1. The maximum Gasteiger partial charge on any atom is 0.207 e. The van der Waals surface area contributed by atoms with Gasteiger partial charge in [-0.05, 0) is 18.8 Å². The third kappa shape index (κ3) is 9.12. The van der Waals surface area contributed by atoms with Gasteiger partial charge in [-0.3, -0.25) is 4.79 Å². The van der Waals surface area contributed by atoms with Crippen LogP contribution >= 0.6 is 0 Å². The van der Waals surface area contributed by atoms with Crippen molar-refractivity contribution in [3.05, 3.63) is 12.2 Å². The van der Waals surface area contributed by atoms with Crippen molar-refractivity contribution >= 4 is 6.41 Å². The van der Waals surface area contributed by atoms with Gasteiger partial charge < -0.3 is 5.32 Å². The lowest BCUT2D eigenvalue weighted by molar-refractivity contribution is -0.109. The highest BCUT2D eigenvalue weighted by atomic mass is 16.1. The predicted octanol–water partition coefficient (Wildman–Crippen LogP) is 2.50. The Balaban J connectivity index is 3.30. The summed E-state index contributed by atoms with van der Waals surface area (Å²) in [6.45, 7) is 5.06. The average Bonchev–Trinajstić information content (AvgIpc) is 2.14. The summed E-state index contributed by atoms with van der Waals surface area (Å²) in [7, 11) is 0. The monoisotopic (exact) mass is 183 g/mol. The molecule has 13 heavy (non-hydrogen) atoms. The maximum absolute atomic E-state index is 9.99. The molecule has 1 unspecified atom stereocenters. The molecule has 0 rings (SSSR count). The zero-order chi connectivity index (χ0) is 9.94. The van der Waals surface area contributed by atoms with Gasteiger partial charge in [-0.2, -0.15) is 0 Å². The molecular weight excluding hydrogens is 162 g/mol. The van der Waals surface area contributed by atoms with Crippen LogP contribution in [0.15, 0.2) is 12.2 Å². The van der Waals surface area contributed by atoms with Crippen LogP contribution in [0.2, 0.25) is 0 Å². The number of amides is 1. The van der Waals surface area contributed by atoms with E-state index in [9.17, 15) is 4.79 Å². The second-order valence-electron chi connectivity index (χ2n) is 3.43. The van der Waals surface area contributed by atoms with Crippen LogP contribution in [0.5, 0.6) is 0 Å². The van der Waals surface area contributed by atoms with Crippen LogP contribution in [-0.2, 0) is 4.79 Å². The Morgan fingerprint density at radius 2 is 2.15 bits per heavy atom. The lowest BCUT2D eigenvalue weighted by Gasteiger charge is -2.03. The molecule has 0 aliphatic heterocycles. The first-order valence-electron chi connectivity index (χ1n) is 5.15. The number of carbonyl (C=O) groups is 1. The molecule has 0 aromatic rings. The summed E-state index contributed by atoms with van der Waals surface area (Å²) in [4.78, 5) is 9.99. The molecule has 0 heterocycles. The lowest BCUT2D eigenvalue weighted by Crippen LogP contribution is -2.17. The largest absolute Gasteiger partial charge is 0.358 e. The van der Waals surface area contributed by atoms with Crippen LogP contribution in [0.25, 0.3) is 0 Å². The van der Waals surface area contributed by atoms with Gasteiger partial charge in [0.1, 0.15) is 0 Å². The van der Waals surface area contributed by atoms with Crippen molar-refractivity contribution in [1.82, 2.24) is 5.32 Å². The van der Waals surface area contributed by atoms with Crippen molar-refractivity contribution < 1.29 is 4.79 Å². The van der Waals surface area contributed by atoms with E-state index >= 15 is 0 Å². The Labute approximate surface area is 81.4 Å². The SMILES string of the molecule is CCCCC/C=C\C(C)CNC=O. The summed E-state index contributed by atoms with van der Waals surface area (Å²) in [6.07, 6.45) is 10.2. The molecule has 0 bridgehead atoms. The van der Waals surface area contributed by atoms with Crippen LogP contribution < -0.4 is 5.32 Å². The molecule has 76 valence electrons. The molecular formula is C11H21NO. The van der Waals surface area contributed by atoms with Crippen LogP contribution in [0, 0.1) is 5.92 Å². The smallest absolute Gasteiger partial charge is 0.207 e. The Hall–Kier alpha value is -0.790. The second kappa shape index (κ2) is 9.30. The Bertz CT molecular complexity index is 143. The van der Waals surface area contributed by atoms with Crippen molar-refractivity contribution in [3.63, 3.8) is 0 Å². The first-order valence-corrected chi connectivity index (χ1v) is 5.15. The second-order valence-corrected chi connectivity index (χ2v) is 3.43. The van der Waals surface area contributed by atoms with Crippen molar-refractivity contribution in [1.29, 1.82) is 0 Å². The molecule has 0 saturated carbocycles. The Kier molecular flexibility index (Phi) is 8.73. The summed E-state index contributed by atoms with van der Waals surface area (Å²) < 4.78 is 0. The van der Waals surface area contributed by atoms with Gasteiger partial charge in [-0.15, -0.1) is 0 Å². The number of allylic oxidation sites excluding steroid dienone is 1. The van der Waals surface area contributed by atoms with Gasteiger partial charge in [0.15, 0.2) is 0 Å². The highest BCUT2D eigenvalue weighted by Gasteiger charge is 1.93. The highest BCUT2D eigenvalue weighted by Crippen LogP contribution is 2.02. The van der Waals surface area contributed by atoms with Crippen molar-refractivity contribution in [3.8, 4) is 0 Å². The van der Waals surface area contributed by atoms with Crippen LogP contribution in [-0.4, -0.2) is 13.0 Å². The van der Waals surface area contributed by atoms with Gasteiger partial charge in [-0.25, -0.2) is 0 Å². The van der Waals surface area contributed by atoms with Gasteiger partial charge in [0.05, 0.1) is 0 Å². The first-order chi connectivity index (χ1) is 6.31. The fourth-order valence-corrected chi connectivity index (χ4v) is 1.14. The summed E-state index contributed by atoms with van der Waals surface area (Å²) in [5.74, 6) is 0.451. The minimum Gasteiger partial charge on any atom is -0.358 e. The summed E-state index contributed by atoms with van der Waals surface area (Å²) >= 11 is 0. The van der Waals surface area contributed by atoms with Crippen LogP contribution in [0.1, 0.15) is 39.5 Å². The molecule has 0 saturated heterocycles. The van der Waals surface area contributed by atoms with E-state index in [1.807, 2.05) is 0 Å². The molecule has 0 spiro atoms. The van der Waals surface area contributed by atoms with Gasteiger partial charge in [-0.1, -0.05) is 38.8 Å². The molecule has 0 aliphatic rings. The first kappa shape index (κ1) is 12.2. The van der Waals surface area contributed by atoms with E-state index in [-0.39, 0.29) is 0 Å². The quantitative estimate of drug-likeness (QED) is 0.349. The Morgan fingerprint density at radius 1 is 1.38 bits per heavy atom. The lowest BCUT2D eigenvalue weighted by atomic mass is 10.1. The van der Waals surface area contributed by atoms with Crippen molar-refractivity contribution in [2.24, 2.45) is 5.92 Å². The van der Waals surface area contributed by atoms with Crippen molar-refractivity contribution in [2.45, 2.75) is 39.5 Å². The molecule has 0 aromatic carbocycles. The maximum atomic E-state index is 9.99. The van der Waals surface area contributed by atoms with E-state index in [2.05, 4.69) is 31.3 Å². The molecule has 1 N–H and O–H groups in total. The molecule has 2 heteroatoms. The van der Waals surface area contributed by atoms with E-state index in [0.717, 1.165) is 13.0 Å². The Morgan fingerprint density at radius 3 is 2.77 bits per heavy atom. The van der Waals surface area contributed by atoms with Crippen LogP contribution in [0.3, 0.4) is 0 Å².